The van der Waals surface area contributed by atoms with E-state index in [1.165, 1.54) is 24.8 Å². The lowest BCUT2D eigenvalue weighted by atomic mass is 10.0. The maximum absolute atomic E-state index is 12.8. The summed E-state index contributed by atoms with van der Waals surface area (Å²) < 4.78 is 0. The number of rotatable bonds is 2. The number of hydrogen-bond donors (Lipinski definition) is 1. The summed E-state index contributed by atoms with van der Waals surface area (Å²) in [4.78, 5) is 17.4. The zero-order valence-electron chi connectivity index (χ0n) is 12.6. The van der Waals surface area contributed by atoms with Gasteiger partial charge in [0.05, 0.1) is 6.04 Å². The van der Waals surface area contributed by atoms with E-state index in [0.29, 0.717) is 11.9 Å². The van der Waals surface area contributed by atoms with Gasteiger partial charge in [0, 0.05) is 19.1 Å². The highest BCUT2D eigenvalue weighted by atomic mass is 16.2. The van der Waals surface area contributed by atoms with Gasteiger partial charge in [-0.2, -0.15) is 0 Å². The van der Waals surface area contributed by atoms with E-state index in [1.54, 1.807) is 0 Å². The van der Waals surface area contributed by atoms with Crippen LogP contribution in [0.3, 0.4) is 0 Å². The van der Waals surface area contributed by atoms with Crippen LogP contribution < -0.4 is 5.32 Å². The summed E-state index contributed by atoms with van der Waals surface area (Å²) in [6.07, 6.45) is 7.93. The van der Waals surface area contributed by atoms with Crippen molar-refractivity contribution in [2.24, 2.45) is 0 Å². The van der Waals surface area contributed by atoms with Crippen LogP contribution in [0, 0.1) is 0 Å². The minimum absolute atomic E-state index is 0.156. The second kappa shape index (κ2) is 6.27. The number of carbonyl (C=O) groups is 1. The molecule has 0 radical (unpaired) electrons. The van der Waals surface area contributed by atoms with Crippen molar-refractivity contribution in [2.75, 3.05) is 32.7 Å². The summed E-state index contributed by atoms with van der Waals surface area (Å²) in [5.74, 6) is 0.383. The Morgan fingerprint density at radius 2 is 2.05 bits per heavy atom. The number of nitrogens with one attached hydrogen (secondary N) is 1. The van der Waals surface area contributed by atoms with E-state index in [9.17, 15) is 4.79 Å². The van der Waals surface area contributed by atoms with Crippen molar-refractivity contribution in [3.05, 3.63) is 11.6 Å². The Labute approximate surface area is 122 Å². The van der Waals surface area contributed by atoms with E-state index in [4.69, 9.17) is 0 Å². The molecule has 3 aliphatic rings. The van der Waals surface area contributed by atoms with E-state index < -0.39 is 0 Å². The van der Waals surface area contributed by atoms with Gasteiger partial charge in [0.15, 0.2) is 0 Å². The van der Waals surface area contributed by atoms with E-state index >= 15 is 0 Å². The first-order valence-electron chi connectivity index (χ1n) is 8.16. The van der Waals surface area contributed by atoms with Gasteiger partial charge in [0.2, 0.25) is 5.91 Å². The lowest BCUT2D eigenvalue weighted by Crippen LogP contribution is -2.52. The first kappa shape index (κ1) is 14.1. The second-order valence-corrected chi connectivity index (χ2v) is 6.48. The van der Waals surface area contributed by atoms with Crippen LogP contribution in [0.4, 0.5) is 0 Å². The maximum Gasteiger partial charge on any atom is 0.240 e. The summed E-state index contributed by atoms with van der Waals surface area (Å²) in [6.45, 7) is 7.21. The van der Waals surface area contributed by atoms with Crippen molar-refractivity contribution in [2.45, 2.75) is 51.1 Å². The number of carbonyl (C=O) groups excluding carboxylic acids is 1. The fourth-order valence-electron chi connectivity index (χ4n) is 3.94. The van der Waals surface area contributed by atoms with Gasteiger partial charge >= 0.3 is 0 Å². The van der Waals surface area contributed by atoms with Crippen molar-refractivity contribution in [3.8, 4) is 0 Å². The molecule has 0 saturated carbocycles. The van der Waals surface area contributed by atoms with E-state index in [0.717, 1.165) is 45.6 Å². The van der Waals surface area contributed by atoms with Gasteiger partial charge in [0.25, 0.3) is 0 Å². The molecule has 3 heterocycles. The molecule has 0 aromatic heterocycles. The highest BCUT2D eigenvalue weighted by Gasteiger charge is 2.37. The smallest absolute Gasteiger partial charge is 0.240 e. The Bertz CT molecular complexity index is 387. The molecule has 1 unspecified atom stereocenters. The maximum atomic E-state index is 12.8. The molecule has 4 heteroatoms. The SMILES string of the molecule is CC1=CCCN(C(=O)C2CCCN2C2CCNCC2)C1. The third-order valence-corrected chi connectivity index (χ3v) is 5.00. The summed E-state index contributed by atoms with van der Waals surface area (Å²) in [7, 11) is 0. The van der Waals surface area contributed by atoms with Crippen LogP contribution in [0.2, 0.25) is 0 Å². The minimum atomic E-state index is 0.156. The Morgan fingerprint density at radius 3 is 2.80 bits per heavy atom. The second-order valence-electron chi connectivity index (χ2n) is 6.48. The Balaban J connectivity index is 1.65. The number of hydrogen-bond acceptors (Lipinski definition) is 3. The zero-order chi connectivity index (χ0) is 13.9. The van der Waals surface area contributed by atoms with E-state index in [2.05, 4.69) is 28.1 Å². The highest BCUT2D eigenvalue weighted by molar-refractivity contribution is 5.82. The lowest BCUT2D eigenvalue weighted by Gasteiger charge is -2.38. The predicted octanol–water partition coefficient (Wildman–Crippen LogP) is 1.38. The largest absolute Gasteiger partial charge is 0.337 e. The normalized spacial score (nSPS) is 29.6. The van der Waals surface area contributed by atoms with Gasteiger partial charge in [-0.25, -0.2) is 0 Å². The molecule has 20 heavy (non-hydrogen) atoms. The van der Waals surface area contributed by atoms with Crippen LogP contribution in [-0.4, -0.2) is 60.5 Å². The van der Waals surface area contributed by atoms with Crippen molar-refractivity contribution in [1.29, 1.82) is 0 Å². The molecule has 1 amide bonds. The molecule has 1 atom stereocenters. The van der Waals surface area contributed by atoms with Crippen LogP contribution in [0.25, 0.3) is 0 Å². The molecule has 0 spiro atoms. The number of amides is 1. The van der Waals surface area contributed by atoms with E-state index in [-0.39, 0.29) is 6.04 Å². The third-order valence-electron chi connectivity index (χ3n) is 5.00. The predicted molar refractivity (Wildman–Crippen MR) is 80.6 cm³/mol. The molecule has 2 fully saturated rings. The molecule has 0 aromatic carbocycles. The molecule has 4 nitrogen and oxygen atoms in total. The Morgan fingerprint density at radius 1 is 1.25 bits per heavy atom. The molecular weight excluding hydrogens is 250 g/mol. The summed E-state index contributed by atoms with van der Waals surface area (Å²) in [5.41, 5.74) is 1.34. The van der Waals surface area contributed by atoms with Gasteiger partial charge in [-0.1, -0.05) is 11.6 Å². The van der Waals surface area contributed by atoms with Gasteiger partial charge in [-0.15, -0.1) is 0 Å². The standard InChI is InChI=1S/C16H27N3O/c1-13-4-2-10-18(12-13)16(20)15-5-3-11-19(15)14-6-8-17-9-7-14/h4,14-15,17H,2-3,5-12H2,1H3. The molecule has 3 rings (SSSR count). The van der Waals surface area contributed by atoms with Crippen molar-refractivity contribution < 1.29 is 4.79 Å². The minimum Gasteiger partial charge on any atom is -0.337 e. The van der Waals surface area contributed by atoms with Crippen LogP contribution in [-0.2, 0) is 4.79 Å². The summed E-state index contributed by atoms with van der Waals surface area (Å²) >= 11 is 0. The molecule has 0 aliphatic carbocycles. The molecule has 3 aliphatic heterocycles. The number of nitrogens with zero attached hydrogens (tertiary/aromatic N) is 2. The fraction of sp³-hybridized carbons (Fsp3) is 0.812. The van der Waals surface area contributed by atoms with Gasteiger partial charge < -0.3 is 10.2 Å². The van der Waals surface area contributed by atoms with Crippen molar-refractivity contribution in [1.82, 2.24) is 15.1 Å². The Hall–Kier alpha value is -0.870. The van der Waals surface area contributed by atoms with Gasteiger partial charge in [-0.3, -0.25) is 9.69 Å². The molecule has 0 bridgehead atoms. The Kier molecular flexibility index (Phi) is 4.41. The average Bonchev–Trinajstić information content (AvgIpc) is 2.97. The quantitative estimate of drug-likeness (QED) is 0.775. The highest BCUT2D eigenvalue weighted by Crippen LogP contribution is 2.26. The first-order chi connectivity index (χ1) is 9.75. The molecule has 1 N–H and O–H groups in total. The monoisotopic (exact) mass is 277 g/mol. The van der Waals surface area contributed by atoms with E-state index in [1.807, 2.05) is 0 Å². The topological polar surface area (TPSA) is 35.6 Å². The number of piperidine rings is 1. The fourth-order valence-corrected chi connectivity index (χ4v) is 3.94. The molecule has 0 aromatic rings. The first-order valence-corrected chi connectivity index (χ1v) is 8.16. The third kappa shape index (κ3) is 2.91. The summed E-state index contributed by atoms with van der Waals surface area (Å²) in [6, 6.07) is 0.776. The van der Waals surface area contributed by atoms with Crippen LogP contribution in [0.5, 0.6) is 0 Å². The number of likely N-dealkylation sites (tertiary alicyclic amines) is 1. The lowest BCUT2D eigenvalue weighted by molar-refractivity contribution is -0.136. The summed E-state index contributed by atoms with van der Waals surface area (Å²) in [5, 5.41) is 3.42. The van der Waals surface area contributed by atoms with Gasteiger partial charge in [0.1, 0.15) is 0 Å². The molecular formula is C16H27N3O. The molecule has 2 saturated heterocycles. The van der Waals surface area contributed by atoms with Crippen LogP contribution in [0.1, 0.15) is 39.0 Å². The van der Waals surface area contributed by atoms with Gasteiger partial charge in [-0.05, 0) is 58.7 Å². The average molecular weight is 277 g/mol. The van der Waals surface area contributed by atoms with Crippen LogP contribution >= 0.6 is 0 Å². The molecule has 112 valence electrons. The van der Waals surface area contributed by atoms with Crippen molar-refractivity contribution in [3.63, 3.8) is 0 Å². The van der Waals surface area contributed by atoms with Crippen LogP contribution in [0.15, 0.2) is 11.6 Å². The zero-order valence-corrected chi connectivity index (χ0v) is 12.6. The van der Waals surface area contributed by atoms with Crippen molar-refractivity contribution >= 4 is 5.91 Å².